The Morgan fingerprint density at radius 3 is 2.44 bits per heavy atom. The van der Waals surface area contributed by atoms with Gasteiger partial charge in [0, 0.05) is 18.0 Å². The Hall–Kier alpha value is -1.92. The van der Waals surface area contributed by atoms with E-state index in [2.05, 4.69) is 5.32 Å². The van der Waals surface area contributed by atoms with Gasteiger partial charge in [-0.2, -0.15) is 0 Å². The third-order valence-electron chi connectivity index (χ3n) is 4.25. The molecular weight excluding hydrogens is 322 g/mol. The molecule has 1 aromatic rings. The molecule has 1 saturated carbocycles. The van der Waals surface area contributed by atoms with E-state index in [0.29, 0.717) is 12.1 Å². The molecule has 6 heteroatoms. The van der Waals surface area contributed by atoms with Crippen molar-refractivity contribution < 1.29 is 23.8 Å². The van der Waals surface area contributed by atoms with E-state index < -0.39 is 23.6 Å². The molecule has 1 amide bonds. The Kier molecular flexibility index (Phi) is 4.37. The molecule has 1 saturated heterocycles. The summed E-state index contributed by atoms with van der Waals surface area (Å²) >= 11 is 0. The number of ketones is 1. The summed E-state index contributed by atoms with van der Waals surface area (Å²) in [5, 5.41) is 2.70. The number of amides is 1. The maximum Gasteiger partial charge on any atom is 0.412 e. The molecule has 0 aromatic heterocycles. The number of carbonyl (C=O) groups is 2. The van der Waals surface area contributed by atoms with Gasteiger partial charge in [-0.15, -0.1) is 0 Å². The minimum atomic E-state index is -0.734. The van der Waals surface area contributed by atoms with E-state index in [0.717, 1.165) is 5.56 Å². The fourth-order valence-corrected chi connectivity index (χ4v) is 3.32. The van der Waals surface area contributed by atoms with E-state index in [1.807, 2.05) is 46.8 Å². The summed E-state index contributed by atoms with van der Waals surface area (Å²) in [6, 6.07) is 7.42. The predicted octanol–water partition coefficient (Wildman–Crippen LogP) is 3.61. The summed E-state index contributed by atoms with van der Waals surface area (Å²) in [5.41, 5.74) is 1.09. The molecule has 0 radical (unpaired) electrons. The van der Waals surface area contributed by atoms with Gasteiger partial charge in [0.05, 0.1) is 0 Å². The topological polar surface area (TPSA) is 73.9 Å². The summed E-state index contributed by atoms with van der Waals surface area (Å²) in [4.78, 5) is 24.0. The van der Waals surface area contributed by atoms with Crippen molar-refractivity contribution in [1.29, 1.82) is 0 Å². The molecule has 1 N–H and O–H groups in total. The lowest BCUT2D eigenvalue weighted by Gasteiger charge is -2.22. The lowest BCUT2D eigenvalue weighted by Crippen LogP contribution is -2.27. The van der Waals surface area contributed by atoms with Gasteiger partial charge < -0.3 is 14.2 Å². The van der Waals surface area contributed by atoms with Crippen LogP contribution < -0.4 is 5.32 Å². The molecule has 25 heavy (non-hydrogen) atoms. The number of rotatable bonds is 2. The first kappa shape index (κ1) is 17.9. The van der Waals surface area contributed by atoms with Crippen molar-refractivity contribution in [2.75, 3.05) is 5.32 Å². The van der Waals surface area contributed by atoms with Crippen LogP contribution in [-0.4, -0.2) is 35.5 Å². The SMILES string of the molecule is CC(C)(C)OC(=O)Nc1ccc([C@H]2CC(=O)[C@@H]3OC(C)(C)O[C@H]23)cc1. The highest BCUT2D eigenvalue weighted by atomic mass is 16.8. The molecule has 136 valence electrons. The van der Waals surface area contributed by atoms with Gasteiger partial charge in [0.25, 0.3) is 0 Å². The van der Waals surface area contributed by atoms with E-state index in [1.165, 1.54) is 0 Å². The maximum atomic E-state index is 12.2. The van der Waals surface area contributed by atoms with Crippen molar-refractivity contribution in [3.05, 3.63) is 29.8 Å². The monoisotopic (exact) mass is 347 g/mol. The molecule has 1 aliphatic carbocycles. The largest absolute Gasteiger partial charge is 0.444 e. The summed E-state index contributed by atoms with van der Waals surface area (Å²) in [7, 11) is 0. The molecule has 1 heterocycles. The minimum Gasteiger partial charge on any atom is -0.444 e. The van der Waals surface area contributed by atoms with Gasteiger partial charge in [0.1, 0.15) is 17.8 Å². The number of fused-ring (bicyclic) bond motifs is 1. The number of benzene rings is 1. The molecule has 1 aliphatic heterocycles. The Labute approximate surface area is 147 Å². The van der Waals surface area contributed by atoms with Gasteiger partial charge in [0.2, 0.25) is 0 Å². The molecule has 3 rings (SSSR count). The second-order valence-electron chi connectivity index (χ2n) is 8.05. The van der Waals surface area contributed by atoms with Crippen molar-refractivity contribution >= 4 is 17.6 Å². The van der Waals surface area contributed by atoms with E-state index in [9.17, 15) is 9.59 Å². The summed E-state index contributed by atoms with van der Waals surface area (Å²) in [6.45, 7) is 9.09. The third-order valence-corrected chi connectivity index (χ3v) is 4.25. The first-order valence-corrected chi connectivity index (χ1v) is 8.52. The highest BCUT2D eigenvalue weighted by Gasteiger charge is 2.53. The molecule has 0 bridgehead atoms. The Morgan fingerprint density at radius 2 is 1.84 bits per heavy atom. The summed E-state index contributed by atoms with van der Waals surface area (Å²) < 4.78 is 16.9. The zero-order valence-electron chi connectivity index (χ0n) is 15.3. The van der Waals surface area contributed by atoms with Crippen LogP contribution in [0.15, 0.2) is 24.3 Å². The van der Waals surface area contributed by atoms with Gasteiger partial charge in [-0.3, -0.25) is 10.1 Å². The van der Waals surface area contributed by atoms with Crippen molar-refractivity contribution in [3.63, 3.8) is 0 Å². The summed E-state index contributed by atoms with van der Waals surface area (Å²) in [5.74, 6) is -0.687. The number of carbonyl (C=O) groups excluding carboxylic acids is 2. The lowest BCUT2D eigenvalue weighted by molar-refractivity contribution is -0.160. The van der Waals surface area contributed by atoms with Gasteiger partial charge in [-0.05, 0) is 52.3 Å². The van der Waals surface area contributed by atoms with Crippen molar-refractivity contribution in [2.45, 2.75) is 70.6 Å². The molecule has 2 fully saturated rings. The molecule has 2 aliphatic rings. The van der Waals surface area contributed by atoms with Gasteiger partial charge in [-0.25, -0.2) is 4.79 Å². The maximum absolute atomic E-state index is 12.2. The number of hydrogen-bond donors (Lipinski definition) is 1. The van der Waals surface area contributed by atoms with Crippen LogP contribution in [0.5, 0.6) is 0 Å². The smallest absolute Gasteiger partial charge is 0.412 e. The number of Topliss-reactive ketones (excluding diaryl/α,β-unsaturated/α-hetero) is 1. The second kappa shape index (κ2) is 6.11. The van der Waals surface area contributed by atoms with Gasteiger partial charge in [0.15, 0.2) is 11.6 Å². The standard InChI is InChI=1S/C19H25NO5/c1-18(2,3)25-17(22)20-12-8-6-11(7-9-12)13-10-14(21)16-15(13)23-19(4,5)24-16/h6-9,13,15-16H,10H2,1-5H3,(H,20,22)/t13-,15-,16+/m1/s1. The third kappa shape index (κ3) is 4.02. The van der Waals surface area contributed by atoms with Gasteiger partial charge >= 0.3 is 6.09 Å². The average Bonchev–Trinajstić information content (AvgIpc) is 2.92. The quantitative estimate of drug-likeness (QED) is 0.885. The molecule has 0 unspecified atom stereocenters. The van der Waals surface area contributed by atoms with Crippen molar-refractivity contribution in [2.24, 2.45) is 0 Å². The number of anilines is 1. The van der Waals surface area contributed by atoms with E-state index in [1.54, 1.807) is 12.1 Å². The second-order valence-corrected chi connectivity index (χ2v) is 8.05. The van der Waals surface area contributed by atoms with Crippen LogP contribution in [0.2, 0.25) is 0 Å². The summed E-state index contributed by atoms with van der Waals surface area (Å²) in [6.07, 6.45) is -0.832. The highest BCUT2D eigenvalue weighted by Crippen LogP contribution is 2.44. The highest BCUT2D eigenvalue weighted by molar-refractivity contribution is 5.88. The molecule has 3 atom stereocenters. The Bertz CT molecular complexity index is 674. The van der Waals surface area contributed by atoms with Crippen LogP contribution in [0.1, 0.15) is 52.5 Å². The zero-order valence-corrected chi connectivity index (χ0v) is 15.3. The Morgan fingerprint density at radius 1 is 1.20 bits per heavy atom. The first-order chi connectivity index (χ1) is 11.5. The zero-order chi connectivity index (χ0) is 18.4. The number of nitrogens with one attached hydrogen (secondary N) is 1. The number of hydrogen-bond acceptors (Lipinski definition) is 5. The minimum absolute atomic E-state index is 0.0325. The van der Waals surface area contributed by atoms with Crippen LogP contribution in [0.25, 0.3) is 0 Å². The van der Waals surface area contributed by atoms with Crippen LogP contribution in [-0.2, 0) is 19.0 Å². The number of ether oxygens (including phenoxy) is 3. The fraction of sp³-hybridized carbons (Fsp3) is 0.579. The van der Waals surface area contributed by atoms with E-state index >= 15 is 0 Å². The van der Waals surface area contributed by atoms with E-state index in [4.69, 9.17) is 14.2 Å². The molecule has 6 nitrogen and oxygen atoms in total. The van der Waals surface area contributed by atoms with Crippen LogP contribution in [0.4, 0.5) is 10.5 Å². The van der Waals surface area contributed by atoms with Crippen LogP contribution in [0, 0.1) is 0 Å². The van der Waals surface area contributed by atoms with Crippen LogP contribution >= 0.6 is 0 Å². The molecular formula is C19H25NO5. The van der Waals surface area contributed by atoms with Crippen molar-refractivity contribution in [1.82, 2.24) is 0 Å². The first-order valence-electron chi connectivity index (χ1n) is 8.52. The lowest BCUT2D eigenvalue weighted by atomic mass is 9.95. The predicted molar refractivity (Wildman–Crippen MR) is 92.5 cm³/mol. The molecule has 0 spiro atoms. The van der Waals surface area contributed by atoms with Crippen LogP contribution in [0.3, 0.4) is 0 Å². The fourth-order valence-electron chi connectivity index (χ4n) is 3.32. The van der Waals surface area contributed by atoms with Gasteiger partial charge in [-0.1, -0.05) is 12.1 Å². The van der Waals surface area contributed by atoms with E-state index in [-0.39, 0.29) is 17.8 Å². The molecule has 1 aromatic carbocycles. The normalized spacial score (nSPS) is 27.9. The van der Waals surface area contributed by atoms with Crippen molar-refractivity contribution in [3.8, 4) is 0 Å². The average molecular weight is 347 g/mol. The Balaban J connectivity index is 1.69.